The molecule has 2 rings (SSSR count). The number of anilines is 1. The second-order valence-electron chi connectivity index (χ2n) is 5.53. The second kappa shape index (κ2) is 10.0. The zero-order valence-corrected chi connectivity index (χ0v) is 15.3. The van der Waals surface area contributed by atoms with Crippen LogP contribution in [0.15, 0.2) is 42.5 Å². The number of hydrogen-bond acceptors (Lipinski definition) is 6. The number of ether oxygens (including phenoxy) is 3. The van der Waals surface area contributed by atoms with E-state index in [1.807, 2.05) is 13.8 Å². The summed E-state index contributed by atoms with van der Waals surface area (Å²) in [5.74, 6) is 1.07. The van der Waals surface area contributed by atoms with E-state index < -0.39 is 10.8 Å². The lowest BCUT2D eigenvalue weighted by Crippen LogP contribution is -2.20. The maximum atomic E-state index is 12.1. The van der Waals surface area contributed by atoms with Gasteiger partial charge in [-0.05, 0) is 49.7 Å². The monoisotopic (exact) mass is 374 g/mol. The zero-order chi connectivity index (χ0) is 19.6. The van der Waals surface area contributed by atoms with Gasteiger partial charge < -0.3 is 19.5 Å². The Balaban J connectivity index is 1.96. The Morgan fingerprint density at radius 2 is 1.63 bits per heavy atom. The minimum atomic E-state index is -0.568. The van der Waals surface area contributed by atoms with Crippen LogP contribution in [0.3, 0.4) is 0 Å². The average molecular weight is 374 g/mol. The summed E-state index contributed by atoms with van der Waals surface area (Å²) in [4.78, 5) is 22.8. The van der Waals surface area contributed by atoms with Gasteiger partial charge in [-0.2, -0.15) is 0 Å². The van der Waals surface area contributed by atoms with Crippen molar-refractivity contribution in [3.8, 4) is 17.2 Å². The molecule has 0 aliphatic carbocycles. The van der Waals surface area contributed by atoms with Crippen molar-refractivity contribution in [3.05, 3.63) is 52.6 Å². The smallest absolute Gasteiger partial charge is 0.296 e. The number of carbonyl (C=O) groups is 1. The van der Waals surface area contributed by atoms with E-state index in [9.17, 15) is 14.9 Å². The SMILES string of the molecule is CCCOc1ccc(NC(=O)COc2ccc(OCC)cc2)c([N+](=O)[O-])c1. The molecule has 0 aromatic heterocycles. The number of hydrogen-bond donors (Lipinski definition) is 1. The molecule has 0 bridgehead atoms. The number of rotatable bonds is 10. The highest BCUT2D eigenvalue weighted by Crippen LogP contribution is 2.29. The van der Waals surface area contributed by atoms with Gasteiger partial charge in [-0.3, -0.25) is 14.9 Å². The first-order valence-electron chi connectivity index (χ1n) is 8.60. The predicted octanol–water partition coefficient (Wildman–Crippen LogP) is 3.80. The van der Waals surface area contributed by atoms with Gasteiger partial charge >= 0.3 is 0 Å². The van der Waals surface area contributed by atoms with E-state index >= 15 is 0 Å². The third-order valence-corrected chi connectivity index (χ3v) is 3.42. The zero-order valence-electron chi connectivity index (χ0n) is 15.3. The first kappa shape index (κ1) is 20.0. The van der Waals surface area contributed by atoms with Gasteiger partial charge in [0.2, 0.25) is 0 Å². The highest BCUT2D eigenvalue weighted by Gasteiger charge is 2.17. The van der Waals surface area contributed by atoms with Gasteiger partial charge in [0.15, 0.2) is 6.61 Å². The van der Waals surface area contributed by atoms with Crippen LogP contribution in [0.4, 0.5) is 11.4 Å². The lowest BCUT2D eigenvalue weighted by Gasteiger charge is -2.10. The van der Waals surface area contributed by atoms with Crippen LogP contribution < -0.4 is 19.5 Å². The summed E-state index contributed by atoms with van der Waals surface area (Å²) in [5, 5.41) is 13.7. The molecule has 144 valence electrons. The van der Waals surface area contributed by atoms with Crippen molar-refractivity contribution in [1.29, 1.82) is 0 Å². The van der Waals surface area contributed by atoms with E-state index in [0.717, 1.165) is 6.42 Å². The largest absolute Gasteiger partial charge is 0.494 e. The number of carbonyl (C=O) groups excluding carboxylic acids is 1. The summed E-state index contributed by atoms with van der Waals surface area (Å²) in [6, 6.07) is 11.1. The van der Waals surface area contributed by atoms with Crippen LogP contribution in [0, 0.1) is 10.1 Å². The van der Waals surface area contributed by atoms with Crippen LogP contribution in [0.5, 0.6) is 17.2 Å². The Morgan fingerprint density at radius 3 is 2.22 bits per heavy atom. The molecule has 2 aromatic rings. The number of nitro benzene ring substituents is 1. The molecule has 1 N–H and O–H groups in total. The van der Waals surface area contributed by atoms with Crippen LogP contribution in [-0.2, 0) is 4.79 Å². The van der Waals surface area contributed by atoms with Crippen LogP contribution in [-0.4, -0.2) is 30.7 Å². The molecule has 0 saturated heterocycles. The Bertz CT molecular complexity index is 776. The van der Waals surface area contributed by atoms with E-state index in [1.165, 1.54) is 12.1 Å². The molecule has 0 unspecified atom stereocenters. The molecule has 27 heavy (non-hydrogen) atoms. The van der Waals surface area contributed by atoms with Crippen molar-refractivity contribution in [1.82, 2.24) is 0 Å². The molecule has 0 radical (unpaired) electrons. The molecule has 0 saturated carbocycles. The highest BCUT2D eigenvalue weighted by atomic mass is 16.6. The van der Waals surface area contributed by atoms with E-state index in [0.29, 0.717) is 30.5 Å². The molecule has 0 aliphatic heterocycles. The molecule has 0 aliphatic rings. The van der Waals surface area contributed by atoms with Crippen LogP contribution >= 0.6 is 0 Å². The summed E-state index contributed by atoms with van der Waals surface area (Å²) < 4.78 is 16.1. The summed E-state index contributed by atoms with van der Waals surface area (Å²) in [6.45, 7) is 4.56. The van der Waals surface area contributed by atoms with Crippen molar-refractivity contribution in [2.75, 3.05) is 25.1 Å². The standard InChI is InChI=1S/C19H22N2O6/c1-3-11-26-16-9-10-17(18(12-16)21(23)24)20-19(22)13-27-15-7-5-14(6-8-15)25-4-2/h5-10,12H,3-4,11,13H2,1-2H3,(H,20,22). The fraction of sp³-hybridized carbons (Fsp3) is 0.316. The molecule has 8 nitrogen and oxygen atoms in total. The number of nitrogens with one attached hydrogen (secondary N) is 1. The number of benzene rings is 2. The lowest BCUT2D eigenvalue weighted by atomic mass is 10.2. The van der Waals surface area contributed by atoms with Crippen molar-refractivity contribution >= 4 is 17.3 Å². The Kier molecular flexibility index (Phi) is 7.42. The normalized spacial score (nSPS) is 10.1. The second-order valence-corrected chi connectivity index (χ2v) is 5.53. The van der Waals surface area contributed by atoms with E-state index in [4.69, 9.17) is 14.2 Å². The molecule has 0 spiro atoms. The third kappa shape index (κ3) is 6.18. The maximum absolute atomic E-state index is 12.1. The fourth-order valence-corrected chi connectivity index (χ4v) is 2.21. The summed E-state index contributed by atoms with van der Waals surface area (Å²) in [7, 11) is 0. The van der Waals surface area contributed by atoms with Gasteiger partial charge in [-0.25, -0.2) is 0 Å². The predicted molar refractivity (Wildman–Crippen MR) is 101 cm³/mol. The van der Waals surface area contributed by atoms with Crippen molar-refractivity contribution in [3.63, 3.8) is 0 Å². The summed E-state index contributed by atoms with van der Waals surface area (Å²) in [6.07, 6.45) is 0.787. The highest BCUT2D eigenvalue weighted by molar-refractivity contribution is 5.94. The quantitative estimate of drug-likeness (QED) is 0.501. The minimum absolute atomic E-state index is 0.0872. The van der Waals surface area contributed by atoms with E-state index in [-0.39, 0.29) is 18.0 Å². The van der Waals surface area contributed by atoms with E-state index in [2.05, 4.69) is 5.32 Å². The molecule has 0 fully saturated rings. The average Bonchev–Trinajstić information content (AvgIpc) is 2.66. The van der Waals surface area contributed by atoms with Crippen molar-refractivity contribution < 1.29 is 23.9 Å². The van der Waals surface area contributed by atoms with Gasteiger partial charge in [-0.15, -0.1) is 0 Å². The van der Waals surface area contributed by atoms with Crippen LogP contribution in [0.1, 0.15) is 20.3 Å². The minimum Gasteiger partial charge on any atom is -0.494 e. The topological polar surface area (TPSA) is 99.9 Å². The van der Waals surface area contributed by atoms with Gasteiger partial charge in [-0.1, -0.05) is 6.92 Å². The molecule has 2 aromatic carbocycles. The van der Waals surface area contributed by atoms with Gasteiger partial charge in [0.05, 0.1) is 24.2 Å². The summed E-state index contributed by atoms with van der Waals surface area (Å²) in [5.41, 5.74) is -0.151. The number of nitrogens with zero attached hydrogens (tertiary/aromatic N) is 1. The van der Waals surface area contributed by atoms with E-state index in [1.54, 1.807) is 30.3 Å². The molecule has 1 amide bonds. The number of amides is 1. The van der Waals surface area contributed by atoms with Gasteiger partial charge in [0.1, 0.15) is 22.9 Å². The molecule has 0 atom stereocenters. The first-order chi connectivity index (χ1) is 13.0. The summed E-state index contributed by atoms with van der Waals surface area (Å²) >= 11 is 0. The van der Waals surface area contributed by atoms with Crippen molar-refractivity contribution in [2.24, 2.45) is 0 Å². The first-order valence-corrected chi connectivity index (χ1v) is 8.60. The molecular weight excluding hydrogens is 352 g/mol. The lowest BCUT2D eigenvalue weighted by molar-refractivity contribution is -0.384. The third-order valence-electron chi connectivity index (χ3n) is 3.42. The Hall–Kier alpha value is -3.29. The maximum Gasteiger partial charge on any atom is 0.296 e. The fourth-order valence-electron chi connectivity index (χ4n) is 2.21. The van der Waals surface area contributed by atoms with Crippen molar-refractivity contribution in [2.45, 2.75) is 20.3 Å². The van der Waals surface area contributed by atoms with Gasteiger partial charge in [0.25, 0.3) is 11.6 Å². The number of nitro groups is 1. The van der Waals surface area contributed by atoms with Crippen LogP contribution in [0.2, 0.25) is 0 Å². The molecule has 0 heterocycles. The Labute approximate surface area is 157 Å². The van der Waals surface area contributed by atoms with Crippen LogP contribution in [0.25, 0.3) is 0 Å². The molecule has 8 heteroatoms. The Morgan fingerprint density at radius 1 is 1.00 bits per heavy atom. The molecular formula is C19H22N2O6. The van der Waals surface area contributed by atoms with Gasteiger partial charge in [0, 0.05) is 0 Å².